The molecule has 3 aromatic rings. The Morgan fingerprint density at radius 1 is 0.826 bits per heavy atom. The van der Waals surface area contributed by atoms with Crippen LogP contribution in [0.1, 0.15) is 0 Å². The summed E-state index contributed by atoms with van der Waals surface area (Å²) in [5.74, 6) is 0.907. The summed E-state index contributed by atoms with van der Waals surface area (Å²) < 4.78 is 6.63. The number of hydrogen-bond donors (Lipinski definition) is 0. The molecule has 0 fully saturated rings. The van der Waals surface area contributed by atoms with E-state index in [1.807, 2.05) is 6.07 Å². The number of halogens is 1. The molecule has 0 saturated heterocycles. The molecule has 0 aliphatic rings. The summed E-state index contributed by atoms with van der Waals surface area (Å²) in [7, 11) is 2.02. The maximum absolute atomic E-state index is 5.46. The van der Waals surface area contributed by atoms with Gasteiger partial charge in [0.1, 0.15) is 0 Å². The predicted octanol–water partition coefficient (Wildman–Crippen LogP) is 3.03. The Hall–Kier alpha value is -1.57. The van der Waals surface area contributed by atoms with E-state index in [-0.39, 0.29) is 0 Å². The minimum atomic E-state index is -2.10. The molecule has 0 unspecified atom stereocenters. The van der Waals surface area contributed by atoms with Gasteiger partial charge in [-0.05, 0) is 0 Å². The van der Waals surface area contributed by atoms with Gasteiger partial charge in [0.25, 0.3) is 0 Å². The van der Waals surface area contributed by atoms with Crippen molar-refractivity contribution in [2.45, 2.75) is 0 Å². The van der Waals surface area contributed by atoms with Gasteiger partial charge in [0.05, 0.1) is 0 Å². The Morgan fingerprint density at radius 2 is 1.48 bits per heavy atom. The second-order valence-corrected chi connectivity index (χ2v) is 10.5. The predicted molar refractivity (Wildman–Crippen MR) is 109 cm³/mol. The molecule has 0 aliphatic heterocycles. The van der Waals surface area contributed by atoms with Crippen LogP contribution in [0.4, 0.5) is 0 Å². The zero-order chi connectivity index (χ0) is 16.3. The average molecular weight is 385 g/mol. The van der Waals surface area contributed by atoms with Gasteiger partial charge in [0, 0.05) is 0 Å². The summed E-state index contributed by atoms with van der Waals surface area (Å²) in [5.41, 5.74) is 0. The van der Waals surface area contributed by atoms with E-state index in [1.165, 1.54) is 20.4 Å². The molecule has 3 rings (SSSR count). The summed E-state index contributed by atoms with van der Waals surface area (Å²) in [6.45, 7) is 0. The molecule has 0 heterocycles. The monoisotopic (exact) mass is 384 g/mol. The van der Waals surface area contributed by atoms with E-state index in [0.717, 1.165) is 5.75 Å². The quantitative estimate of drug-likeness (QED) is 0.496. The molecule has 0 N–H and O–H groups in total. The molecule has 1 nitrogen and oxygen atoms in total. The van der Waals surface area contributed by atoms with E-state index in [4.69, 9.17) is 4.74 Å². The zero-order valence-corrected chi connectivity index (χ0v) is 15.9. The van der Waals surface area contributed by atoms with Crippen molar-refractivity contribution in [2.24, 2.45) is 0 Å². The maximum atomic E-state index is 5.46. The van der Waals surface area contributed by atoms with Gasteiger partial charge in [-0.15, -0.1) is 0 Å². The molecule has 0 aliphatic carbocycles. The summed E-state index contributed by atoms with van der Waals surface area (Å²) in [6.07, 6.45) is 0. The molecular weight excluding hydrogens is 366 g/mol. The van der Waals surface area contributed by atoms with Crippen molar-refractivity contribution in [1.82, 2.24) is 0 Å². The van der Waals surface area contributed by atoms with Crippen LogP contribution in [-0.2, 0) is 0 Å². The van der Waals surface area contributed by atoms with Crippen molar-refractivity contribution < 1.29 is 4.74 Å². The normalized spacial score (nSPS) is 11.9. The van der Waals surface area contributed by atoms with Crippen LogP contribution in [0.25, 0.3) is 0 Å². The number of rotatable bonds is 4. The van der Waals surface area contributed by atoms with Crippen molar-refractivity contribution in [3.63, 3.8) is 0 Å². The summed E-state index contributed by atoms with van der Waals surface area (Å²) in [6, 6.07) is 27.8. The number of benzene rings is 3. The first-order valence-corrected chi connectivity index (χ1v) is 10.9. The third-order valence-electron chi connectivity index (χ3n) is 4.41. The molecule has 0 spiro atoms. The fourth-order valence-electron chi connectivity index (χ4n) is 3.05. The second-order valence-electron chi connectivity index (χ2n) is 5.70. The van der Waals surface area contributed by atoms with E-state index in [2.05, 4.69) is 96.3 Å². The van der Waals surface area contributed by atoms with Gasteiger partial charge in [-0.3, -0.25) is 0 Å². The number of methoxy groups -OCH3 is 1. The van der Waals surface area contributed by atoms with Crippen LogP contribution in [0.3, 0.4) is 0 Å². The van der Waals surface area contributed by atoms with Crippen molar-refractivity contribution in [3.05, 3.63) is 83.3 Å². The van der Waals surface area contributed by atoms with Crippen molar-refractivity contribution in [3.8, 4) is 5.75 Å². The first-order valence-electron chi connectivity index (χ1n) is 7.61. The fraction of sp³-hybridized carbons (Fsp3) is 0.0526. The van der Waals surface area contributed by atoms with Crippen LogP contribution in [-0.4, -0.2) is 14.7 Å². The summed E-state index contributed by atoms with van der Waals surface area (Å²) >= 11 is 3.77. The van der Waals surface area contributed by atoms with Gasteiger partial charge in [-0.25, -0.2) is 0 Å². The van der Waals surface area contributed by atoms with E-state index in [0.29, 0.717) is 0 Å². The van der Waals surface area contributed by atoms with Gasteiger partial charge in [-0.1, -0.05) is 0 Å². The van der Waals surface area contributed by atoms with Gasteiger partial charge in [0.15, 0.2) is 0 Å². The van der Waals surface area contributed by atoms with Gasteiger partial charge in [-0.2, -0.15) is 0 Å². The van der Waals surface area contributed by atoms with Crippen LogP contribution >= 0.6 is 23.1 Å². The molecule has 116 valence electrons. The molecule has 0 amide bonds. The minimum absolute atomic E-state index is 0.907. The molecule has 0 radical (unpaired) electrons. The molecule has 0 bridgehead atoms. The fourth-order valence-corrected chi connectivity index (χ4v) is 8.19. The number of hydrogen-bond acceptors (Lipinski definition) is 1. The third kappa shape index (κ3) is 3.09. The Morgan fingerprint density at radius 3 is 2.17 bits per heavy atom. The molecule has 3 aromatic carbocycles. The Kier molecular flexibility index (Phi) is 4.89. The Balaban J connectivity index is 2.28. The third-order valence-corrected chi connectivity index (χ3v) is 9.94. The SMILES string of the molecule is B[PH](c1ccccc1)(c1cccc(OC)c1)c1ccccc1Br. The molecule has 23 heavy (non-hydrogen) atoms. The number of ether oxygens (including phenoxy) is 1. The van der Waals surface area contributed by atoms with E-state index >= 15 is 0 Å². The van der Waals surface area contributed by atoms with Gasteiger partial charge >= 0.3 is 147 Å². The molecule has 4 heteroatoms. The Bertz CT molecular complexity index is 809. The van der Waals surface area contributed by atoms with Crippen molar-refractivity contribution >= 4 is 46.6 Å². The molecule has 0 aromatic heterocycles. The average Bonchev–Trinajstić information content (AvgIpc) is 2.62. The molecule has 0 saturated carbocycles. The summed E-state index contributed by atoms with van der Waals surface area (Å²) in [4.78, 5) is 0. The van der Waals surface area contributed by atoms with Crippen LogP contribution in [0.2, 0.25) is 0 Å². The summed E-state index contributed by atoms with van der Waals surface area (Å²) in [5, 5.41) is 4.11. The van der Waals surface area contributed by atoms with Gasteiger partial charge < -0.3 is 0 Å². The second kappa shape index (κ2) is 6.90. The topological polar surface area (TPSA) is 9.23 Å². The first-order chi connectivity index (χ1) is 11.2. The Labute approximate surface area is 147 Å². The zero-order valence-electron chi connectivity index (χ0n) is 13.3. The first kappa shape index (κ1) is 16.3. The van der Waals surface area contributed by atoms with Crippen LogP contribution in [0, 0.1) is 0 Å². The van der Waals surface area contributed by atoms with E-state index in [9.17, 15) is 0 Å². The molecular formula is C19H19BBrOP. The van der Waals surface area contributed by atoms with Crippen LogP contribution in [0.5, 0.6) is 5.75 Å². The van der Waals surface area contributed by atoms with Gasteiger partial charge in [0.2, 0.25) is 0 Å². The van der Waals surface area contributed by atoms with Crippen molar-refractivity contribution in [1.29, 1.82) is 0 Å². The van der Waals surface area contributed by atoms with E-state index < -0.39 is 7.14 Å². The van der Waals surface area contributed by atoms with E-state index in [1.54, 1.807) is 7.11 Å². The standard InChI is InChI=1S/C19H19BBrOP/c1-22-15-8-7-11-17(14-15)23(20,16-9-3-2-4-10-16)19-13-6-5-12-18(19)21/h2-14,23H,20H2,1H3. The van der Waals surface area contributed by atoms with Crippen LogP contribution < -0.4 is 20.7 Å². The van der Waals surface area contributed by atoms with Crippen molar-refractivity contribution in [2.75, 3.05) is 7.11 Å². The van der Waals surface area contributed by atoms with Crippen LogP contribution in [0.15, 0.2) is 83.3 Å². The molecule has 0 atom stereocenters.